The fraction of sp³-hybridized carbons (Fsp3) is 0.167. The van der Waals surface area contributed by atoms with Gasteiger partial charge in [-0.15, -0.1) is 16.9 Å². The molecule has 122 valence electrons. The molecule has 0 bridgehead atoms. The van der Waals surface area contributed by atoms with Crippen LogP contribution in [0.3, 0.4) is 0 Å². The highest BCUT2D eigenvalue weighted by Gasteiger charge is 2.13. The molecule has 3 rings (SSSR count). The molecular formula is C18H17N3O2S. The highest BCUT2D eigenvalue weighted by Crippen LogP contribution is 2.22. The van der Waals surface area contributed by atoms with Crippen LogP contribution in [0, 0.1) is 6.92 Å². The van der Waals surface area contributed by atoms with Crippen molar-refractivity contribution in [1.82, 2.24) is 10.2 Å². The van der Waals surface area contributed by atoms with E-state index in [1.807, 2.05) is 49.4 Å². The molecule has 5 nitrogen and oxygen atoms in total. The van der Waals surface area contributed by atoms with E-state index in [-0.39, 0.29) is 11.9 Å². The van der Waals surface area contributed by atoms with Crippen LogP contribution in [0.5, 0.6) is 0 Å². The van der Waals surface area contributed by atoms with Gasteiger partial charge in [0, 0.05) is 16.0 Å². The average molecular weight is 339 g/mol. The van der Waals surface area contributed by atoms with Crippen molar-refractivity contribution in [3.8, 4) is 11.5 Å². The summed E-state index contributed by atoms with van der Waals surface area (Å²) in [6, 6.07) is 15.3. The second kappa shape index (κ2) is 7.31. The third-order valence-electron chi connectivity index (χ3n) is 3.35. The second-order valence-electron chi connectivity index (χ2n) is 5.19. The molecule has 0 atom stereocenters. The van der Waals surface area contributed by atoms with Crippen LogP contribution in [0.2, 0.25) is 0 Å². The van der Waals surface area contributed by atoms with E-state index >= 15 is 0 Å². The van der Waals surface area contributed by atoms with Gasteiger partial charge in [0.1, 0.15) is 0 Å². The average Bonchev–Trinajstić information content (AvgIpc) is 3.04. The first-order valence-electron chi connectivity index (χ1n) is 7.60. The molecule has 2 aromatic carbocycles. The van der Waals surface area contributed by atoms with Crippen LogP contribution in [-0.2, 0) is 0 Å². The molecule has 0 radical (unpaired) electrons. The van der Waals surface area contributed by atoms with Gasteiger partial charge in [0.2, 0.25) is 5.89 Å². The van der Waals surface area contributed by atoms with E-state index in [0.29, 0.717) is 11.5 Å². The van der Waals surface area contributed by atoms with E-state index in [4.69, 9.17) is 4.42 Å². The summed E-state index contributed by atoms with van der Waals surface area (Å²) in [6.45, 7) is 4.08. The van der Waals surface area contributed by atoms with Gasteiger partial charge in [-0.2, -0.15) is 0 Å². The summed E-state index contributed by atoms with van der Waals surface area (Å²) in [7, 11) is 0. The minimum atomic E-state index is -0.271. The molecule has 1 heterocycles. The van der Waals surface area contributed by atoms with Gasteiger partial charge in [-0.25, -0.2) is 0 Å². The number of amides is 1. The van der Waals surface area contributed by atoms with E-state index in [1.165, 1.54) is 0 Å². The Morgan fingerprint density at radius 1 is 1.17 bits per heavy atom. The standard InChI is InChI=1S/C18H17N3O2S/c1-3-24-15-6-4-5-14(11-15)16(22)19-18-21-20-17(23-18)13-9-7-12(2)8-10-13/h4-11H,3H2,1-2H3,(H,19,21,22). The molecule has 1 amide bonds. The van der Waals surface area contributed by atoms with Crippen LogP contribution < -0.4 is 5.32 Å². The van der Waals surface area contributed by atoms with Crippen molar-refractivity contribution in [3.05, 3.63) is 59.7 Å². The van der Waals surface area contributed by atoms with Crippen molar-refractivity contribution in [2.75, 3.05) is 11.1 Å². The number of aryl methyl sites for hydroxylation is 1. The molecule has 0 saturated carbocycles. The van der Waals surface area contributed by atoms with Gasteiger partial charge in [-0.05, 0) is 43.0 Å². The fourth-order valence-electron chi connectivity index (χ4n) is 2.15. The number of hydrogen-bond acceptors (Lipinski definition) is 5. The Labute approximate surface area is 144 Å². The van der Waals surface area contributed by atoms with E-state index in [1.54, 1.807) is 17.8 Å². The second-order valence-corrected chi connectivity index (χ2v) is 6.53. The smallest absolute Gasteiger partial charge is 0.322 e. The molecule has 3 aromatic rings. The molecule has 0 aliphatic rings. The zero-order valence-corrected chi connectivity index (χ0v) is 14.3. The lowest BCUT2D eigenvalue weighted by molar-refractivity contribution is 0.102. The molecule has 0 spiro atoms. The van der Waals surface area contributed by atoms with Gasteiger partial charge in [-0.3, -0.25) is 10.1 Å². The molecule has 0 saturated heterocycles. The van der Waals surface area contributed by atoms with Crippen molar-refractivity contribution in [2.45, 2.75) is 18.7 Å². The van der Waals surface area contributed by atoms with Crippen molar-refractivity contribution in [1.29, 1.82) is 0 Å². The largest absolute Gasteiger partial charge is 0.403 e. The summed E-state index contributed by atoms with van der Waals surface area (Å²) in [5.74, 6) is 1.06. The monoisotopic (exact) mass is 339 g/mol. The molecular weight excluding hydrogens is 322 g/mol. The number of nitrogens with one attached hydrogen (secondary N) is 1. The molecule has 0 fully saturated rings. The fourth-order valence-corrected chi connectivity index (χ4v) is 2.87. The molecule has 1 N–H and O–H groups in total. The predicted molar refractivity (Wildman–Crippen MR) is 95.3 cm³/mol. The Morgan fingerprint density at radius 3 is 2.71 bits per heavy atom. The van der Waals surface area contributed by atoms with Gasteiger partial charge in [0.05, 0.1) is 0 Å². The first-order valence-corrected chi connectivity index (χ1v) is 8.59. The maximum absolute atomic E-state index is 12.3. The number of carbonyl (C=O) groups excluding carboxylic acids is 1. The Kier molecular flexibility index (Phi) is 4.96. The number of thioether (sulfide) groups is 1. The summed E-state index contributed by atoms with van der Waals surface area (Å²) < 4.78 is 5.52. The summed E-state index contributed by atoms with van der Waals surface area (Å²) in [5.41, 5.74) is 2.52. The Hall–Kier alpha value is -2.60. The lowest BCUT2D eigenvalue weighted by Crippen LogP contribution is -2.12. The summed E-state index contributed by atoms with van der Waals surface area (Å²) in [6.07, 6.45) is 0. The molecule has 0 aliphatic carbocycles. The molecule has 6 heteroatoms. The Morgan fingerprint density at radius 2 is 1.96 bits per heavy atom. The predicted octanol–water partition coefficient (Wildman–Crippen LogP) is 4.41. The highest BCUT2D eigenvalue weighted by atomic mass is 32.2. The topological polar surface area (TPSA) is 68.0 Å². The quantitative estimate of drug-likeness (QED) is 0.697. The van der Waals surface area contributed by atoms with Crippen molar-refractivity contribution in [3.63, 3.8) is 0 Å². The van der Waals surface area contributed by atoms with Crippen LogP contribution in [0.1, 0.15) is 22.8 Å². The van der Waals surface area contributed by atoms with E-state index < -0.39 is 0 Å². The number of anilines is 1. The number of rotatable bonds is 5. The van der Waals surface area contributed by atoms with Gasteiger partial charge >= 0.3 is 6.01 Å². The van der Waals surface area contributed by atoms with Gasteiger partial charge in [0.15, 0.2) is 0 Å². The minimum absolute atomic E-state index is 0.0872. The maximum atomic E-state index is 12.3. The zero-order valence-electron chi connectivity index (χ0n) is 13.4. The minimum Gasteiger partial charge on any atom is -0.403 e. The normalized spacial score (nSPS) is 10.6. The van der Waals surface area contributed by atoms with Crippen molar-refractivity contribution in [2.24, 2.45) is 0 Å². The first-order chi connectivity index (χ1) is 11.7. The lowest BCUT2D eigenvalue weighted by atomic mass is 10.1. The summed E-state index contributed by atoms with van der Waals surface area (Å²) in [5, 5.41) is 10.5. The van der Waals surface area contributed by atoms with E-state index in [0.717, 1.165) is 21.8 Å². The molecule has 1 aromatic heterocycles. The van der Waals surface area contributed by atoms with E-state index in [9.17, 15) is 4.79 Å². The van der Waals surface area contributed by atoms with Crippen LogP contribution in [0.15, 0.2) is 57.8 Å². The third kappa shape index (κ3) is 3.83. The Balaban J connectivity index is 1.73. The lowest BCUT2D eigenvalue weighted by Gasteiger charge is -2.03. The van der Waals surface area contributed by atoms with Gasteiger partial charge in [-0.1, -0.05) is 35.8 Å². The number of carbonyl (C=O) groups is 1. The number of nitrogens with zero attached hydrogens (tertiary/aromatic N) is 2. The van der Waals surface area contributed by atoms with Crippen LogP contribution in [-0.4, -0.2) is 21.9 Å². The van der Waals surface area contributed by atoms with Crippen LogP contribution in [0.4, 0.5) is 6.01 Å². The van der Waals surface area contributed by atoms with Gasteiger partial charge < -0.3 is 4.42 Å². The van der Waals surface area contributed by atoms with Gasteiger partial charge in [0.25, 0.3) is 5.91 Å². The summed E-state index contributed by atoms with van der Waals surface area (Å²) >= 11 is 1.68. The molecule has 24 heavy (non-hydrogen) atoms. The number of hydrogen-bond donors (Lipinski definition) is 1. The zero-order chi connectivity index (χ0) is 16.9. The molecule has 0 unspecified atom stereocenters. The number of benzene rings is 2. The molecule has 0 aliphatic heterocycles. The highest BCUT2D eigenvalue weighted by molar-refractivity contribution is 7.99. The van der Waals surface area contributed by atoms with E-state index in [2.05, 4.69) is 22.4 Å². The Bertz CT molecular complexity index is 843. The third-order valence-corrected chi connectivity index (χ3v) is 4.23. The van der Waals surface area contributed by atoms with Crippen molar-refractivity contribution < 1.29 is 9.21 Å². The SMILES string of the molecule is CCSc1cccc(C(=O)Nc2nnc(-c3ccc(C)cc3)o2)c1. The van der Waals surface area contributed by atoms with Crippen LogP contribution in [0.25, 0.3) is 11.5 Å². The van der Waals surface area contributed by atoms with Crippen molar-refractivity contribution >= 4 is 23.7 Å². The maximum Gasteiger partial charge on any atom is 0.322 e. The van der Waals surface area contributed by atoms with Crippen LogP contribution >= 0.6 is 11.8 Å². The number of aromatic nitrogens is 2. The summed E-state index contributed by atoms with van der Waals surface area (Å²) in [4.78, 5) is 13.4. The first kappa shape index (κ1) is 16.3.